The van der Waals surface area contributed by atoms with E-state index in [4.69, 9.17) is 9.57 Å². The van der Waals surface area contributed by atoms with Gasteiger partial charge < -0.3 is 14.9 Å². The molecule has 0 fully saturated rings. The minimum Gasteiger partial charge on any atom is -0.496 e. The Balaban J connectivity index is 1.63. The Hall–Kier alpha value is -2.82. The van der Waals surface area contributed by atoms with Crippen LogP contribution in [0.2, 0.25) is 0 Å². The molecule has 0 unspecified atom stereocenters. The Morgan fingerprint density at radius 2 is 1.92 bits per heavy atom. The van der Waals surface area contributed by atoms with Crippen LogP contribution >= 0.6 is 0 Å². The molecule has 0 saturated heterocycles. The maximum Gasteiger partial charge on any atom is 0.264 e. The molecule has 0 saturated carbocycles. The lowest BCUT2D eigenvalue weighted by Crippen LogP contribution is -2.36. The minimum atomic E-state index is -0.615. The van der Waals surface area contributed by atoms with E-state index in [1.54, 1.807) is 7.11 Å². The maximum atomic E-state index is 12.4. The van der Waals surface area contributed by atoms with Crippen molar-refractivity contribution in [3.8, 4) is 5.75 Å². The van der Waals surface area contributed by atoms with Crippen molar-refractivity contribution in [2.24, 2.45) is 5.16 Å². The van der Waals surface area contributed by atoms with Crippen molar-refractivity contribution in [2.75, 3.05) is 7.11 Å². The molecule has 1 amide bonds. The SMILES string of the molecule is COc1ccccc1C1=NO[C@H](C(=O)N[C@@H](C)c2ccccc2)C1. The highest BCUT2D eigenvalue weighted by Crippen LogP contribution is 2.25. The average molecular weight is 324 g/mol. The van der Waals surface area contributed by atoms with Gasteiger partial charge in [-0.15, -0.1) is 0 Å². The zero-order valence-electron chi connectivity index (χ0n) is 13.7. The Morgan fingerprint density at radius 3 is 2.67 bits per heavy atom. The summed E-state index contributed by atoms with van der Waals surface area (Å²) < 4.78 is 5.34. The predicted octanol–water partition coefficient (Wildman–Crippen LogP) is 3.07. The van der Waals surface area contributed by atoms with Gasteiger partial charge in [0.15, 0.2) is 0 Å². The van der Waals surface area contributed by atoms with Gasteiger partial charge in [-0.2, -0.15) is 0 Å². The zero-order chi connectivity index (χ0) is 16.9. The van der Waals surface area contributed by atoms with Gasteiger partial charge >= 0.3 is 0 Å². The average Bonchev–Trinajstić information content (AvgIpc) is 3.12. The third kappa shape index (κ3) is 3.40. The van der Waals surface area contributed by atoms with Crippen LogP contribution in [0.25, 0.3) is 0 Å². The number of benzene rings is 2. The van der Waals surface area contributed by atoms with Gasteiger partial charge in [0.1, 0.15) is 5.75 Å². The lowest BCUT2D eigenvalue weighted by Gasteiger charge is -2.16. The molecule has 2 aromatic rings. The Bertz CT molecular complexity index is 743. The van der Waals surface area contributed by atoms with Crippen molar-refractivity contribution < 1.29 is 14.4 Å². The van der Waals surface area contributed by atoms with Crippen LogP contribution in [0.5, 0.6) is 5.75 Å². The summed E-state index contributed by atoms with van der Waals surface area (Å²) in [5.41, 5.74) is 2.63. The molecule has 2 atom stereocenters. The lowest BCUT2D eigenvalue weighted by molar-refractivity contribution is -0.131. The number of hydrogen-bond donors (Lipinski definition) is 1. The summed E-state index contributed by atoms with van der Waals surface area (Å²) in [6.07, 6.45) is -0.190. The van der Waals surface area contributed by atoms with E-state index in [0.29, 0.717) is 6.42 Å². The first-order valence-corrected chi connectivity index (χ1v) is 7.90. The second-order valence-corrected chi connectivity index (χ2v) is 5.68. The molecule has 5 nitrogen and oxygen atoms in total. The van der Waals surface area contributed by atoms with Crippen LogP contribution in [0.15, 0.2) is 59.8 Å². The van der Waals surface area contributed by atoms with E-state index in [1.807, 2.05) is 61.5 Å². The molecule has 1 aliphatic heterocycles. The van der Waals surface area contributed by atoms with Crippen LogP contribution in [-0.4, -0.2) is 24.8 Å². The molecular formula is C19H20N2O3. The molecule has 1 heterocycles. The summed E-state index contributed by atoms with van der Waals surface area (Å²) in [5.74, 6) is 0.554. The quantitative estimate of drug-likeness (QED) is 0.919. The molecule has 1 N–H and O–H groups in total. The fourth-order valence-corrected chi connectivity index (χ4v) is 2.69. The van der Waals surface area contributed by atoms with Crippen LogP contribution < -0.4 is 10.1 Å². The van der Waals surface area contributed by atoms with Crippen molar-refractivity contribution in [1.82, 2.24) is 5.32 Å². The van der Waals surface area contributed by atoms with Crippen LogP contribution in [0.4, 0.5) is 0 Å². The number of hydrogen-bond acceptors (Lipinski definition) is 4. The first-order valence-electron chi connectivity index (χ1n) is 7.90. The van der Waals surface area contributed by atoms with Gasteiger partial charge in [0.2, 0.25) is 6.10 Å². The predicted molar refractivity (Wildman–Crippen MR) is 92.0 cm³/mol. The van der Waals surface area contributed by atoms with Crippen molar-refractivity contribution in [3.63, 3.8) is 0 Å². The Kier molecular flexibility index (Phi) is 4.79. The molecule has 124 valence electrons. The van der Waals surface area contributed by atoms with Crippen molar-refractivity contribution >= 4 is 11.6 Å². The number of oxime groups is 1. The number of nitrogens with one attached hydrogen (secondary N) is 1. The summed E-state index contributed by atoms with van der Waals surface area (Å²) in [6, 6.07) is 17.3. The monoisotopic (exact) mass is 324 g/mol. The van der Waals surface area contributed by atoms with Gasteiger partial charge in [-0.1, -0.05) is 47.6 Å². The second-order valence-electron chi connectivity index (χ2n) is 5.68. The molecule has 0 radical (unpaired) electrons. The topological polar surface area (TPSA) is 59.9 Å². The van der Waals surface area contributed by atoms with E-state index >= 15 is 0 Å². The smallest absolute Gasteiger partial charge is 0.264 e. The van der Waals surface area contributed by atoms with Gasteiger partial charge in [-0.3, -0.25) is 4.79 Å². The van der Waals surface area contributed by atoms with Crippen molar-refractivity contribution in [1.29, 1.82) is 0 Å². The van der Waals surface area contributed by atoms with E-state index in [0.717, 1.165) is 22.6 Å². The van der Waals surface area contributed by atoms with E-state index in [1.165, 1.54) is 0 Å². The van der Waals surface area contributed by atoms with Gasteiger partial charge in [0.25, 0.3) is 5.91 Å². The van der Waals surface area contributed by atoms with E-state index in [9.17, 15) is 4.79 Å². The summed E-state index contributed by atoms with van der Waals surface area (Å²) >= 11 is 0. The molecule has 0 spiro atoms. The lowest BCUT2D eigenvalue weighted by atomic mass is 10.0. The molecule has 1 aliphatic rings. The maximum absolute atomic E-state index is 12.4. The minimum absolute atomic E-state index is 0.0855. The summed E-state index contributed by atoms with van der Waals surface area (Å²) in [7, 11) is 1.61. The highest BCUT2D eigenvalue weighted by molar-refractivity contribution is 6.05. The number of nitrogens with zero attached hydrogens (tertiary/aromatic N) is 1. The van der Waals surface area contributed by atoms with Gasteiger partial charge in [-0.05, 0) is 24.6 Å². The van der Waals surface area contributed by atoms with Gasteiger partial charge in [0.05, 0.1) is 18.9 Å². The van der Waals surface area contributed by atoms with E-state index in [-0.39, 0.29) is 11.9 Å². The number of ether oxygens (including phenoxy) is 1. The van der Waals surface area contributed by atoms with Crippen LogP contribution in [0.3, 0.4) is 0 Å². The van der Waals surface area contributed by atoms with Crippen molar-refractivity contribution in [3.05, 3.63) is 65.7 Å². The summed E-state index contributed by atoms with van der Waals surface area (Å²) in [5, 5.41) is 7.04. The number of carbonyl (C=O) groups excluding carboxylic acids is 1. The van der Waals surface area contributed by atoms with E-state index < -0.39 is 6.10 Å². The molecule has 5 heteroatoms. The number of rotatable bonds is 5. The normalized spacial score (nSPS) is 17.6. The number of para-hydroxylation sites is 1. The molecule has 0 aliphatic carbocycles. The highest BCUT2D eigenvalue weighted by Gasteiger charge is 2.30. The third-order valence-corrected chi connectivity index (χ3v) is 4.04. The highest BCUT2D eigenvalue weighted by atomic mass is 16.6. The third-order valence-electron chi connectivity index (χ3n) is 4.04. The second kappa shape index (κ2) is 7.17. The largest absolute Gasteiger partial charge is 0.496 e. The van der Waals surface area contributed by atoms with Crippen LogP contribution in [0, 0.1) is 0 Å². The number of amides is 1. The van der Waals surface area contributed by atoms with Crippen LogP contribution in [0.1, 0.15) is 30.5 Å². The first kappa shape index (κ1) is 16.1. The number of methoxy groups -OCH3 is 1. The summed E-state index contributed by atoms with van der Waals surface area (Å²) in [6.45, 7) is 1.95. The Morgan fingerprint density at radius 1 is 1.21 bits per heavy atom. The number of carbonyl (C=O) groups is 1. The molecule has 0 bridgehead atoms. The zero-order valence-corrected chi connectivity index (χ0v) is 13.7. The van der Waals surface area contributed by atoms with E-state index in [2.05, 4.69) is 10.5 Å². The van der Waals surface area contributed by atoms with Crippen LogP contribution in [-0.2, 0) is 9.63 Å². The van der Waals surface area contributed by atoms with Crippen molar-refractivity contribution in [2.45, 2.75) is 25.5 Å². The molecule has 0 aromatic heterocycles. The Labute approximate surface area is 141 Å². The molecule has 2 aromatic carbocycles. The molecule has 3 rings (SSSR count). The molecule has 24 heavy (non-hydrogen) atoms. The first-order chi connectivity index (χ1) is 11.7. The van der Waals surface area contributed by atoms with Gasteiger partial charge in [0, 0.05) is 12.0 Å². The fraction of sp³-hybridized carbons (Fsp3) is 0.263. The summed E-state index contributed by atoms with van der Waals surface area (Å²) in [4.78, 5) is 17.8. The molecular weight excluding hydrogens is 304 g/mol. The fourth-order valence-electron chi connectivity index (χ4n) is 2.69. The van der Waals surface area contributed by atoms with Gasteiger partial charge in [-0.25, -0.2) is 0 Å². The standard InChI is InChI=1S/C19H20N2O3/c1-13(14-8-4-3-5-9-14)20-19(22)18-12-16(21-24-18)15-10-6-7-11-17(15)23-2/h3-11,13,18H,12H2,1-2H3,(H,20,22)/t13-,18-/m0/s1.